The van der Waals surface area contributed by atoms with Crippen molar-refractivity contribution in [1.82, 2.24) is 4.90 Å². The van der Waals surface area contributed by atoms with Crippen molar-refractivity contribution in [2.45, 2.75) is 26.4 Å². The van der Waals surface area contributed by atoms with Gasteiger partial charge in [0.1, 0.15) is 5.75 Å². The minimum atomic E-state index is -0.760. The quantitative estimate of drug-likeness (QED) is 0.445. The predicted octanol–water partition coefficient (Wildman–Crippen LogP) is 2.36. The van der Waals surface area contributed by atoms with E-state index in [-0.39, 0.29) is 24.2 Å². The number of halogens is 1. The molecule has 0 spiro atoms. The van der Waals surface area contributed by atoms with E-state index in [2.05, 4.69) is 5.32 Å². The van der Waals surface area contributed by atoms with Gasteiger partial charge in [0.25, 0.3) is 0 Å². The van der Waals surface area contributed by atoms with Crippen molar-refractivity contribution >= 4 is 29.2 Å². The lowest BCUT2D eigenvalue weighted by atomic mass is 10.1. The molecule has 0 bridgehead atoms. The summed E-state index contributed by atoms with van der Waals surface area (Å²) in [6.45, 7) is 5.27. The molecule has 2 heterocycles. The standard InChI is InChI=1S/C23H24FN3O5/c1-14(2)31-19-6-5-17(13-18(19)24)26-7-9-27(10-8-26)23(30)22(29)25-16-4-3-15-11-21(28)32-20(15)12-16/h3-6,12-14H,7-11H2,1-2H3,(H,25,29). The lowest BCUT2D eigenvalue weighted by molar-refractivity contribution is -0.143. The third-order valence-corrected chi connectivity index (χ3v) is 5.29. The van der Waals surface area contributed by atoms with E-state index in [4.69, 9.17) is 9.47 Å². The van der Waals surface area contributed by atoms with Gasteiger partial charge in [0.2, 0.25) is 0 Å². The van der Waals surface area contributed by atoms with Gasteiger partial charge >= 0.3 is 17.8 Å². The molecule has 2 aromatic rings. The summed E-state index contributed by atoms with van der Waals surface area (Å²) < 4.78 is 24.8. The van der Waals surface area contributed by atoms with Crippen LogP contribution in [0.2, 0.25) is 0 Å². The average molecular weight is 441 g/mol. The zero-order chi connectivity index (χ0) is 22.8. The van der Waals surface area contributed by atoms with Crippen molar-refractivity contribution in [3.8, 4) is 11.5 Å². The second kappa shape index (κ2) is 8.86. The molecule has 0 saturated carbocycles. The van der Waals surface area contributed by atoms with Crippen LogP contribution < -0.4 is 19.7 Å². The van der Waals surface area contributed by atoms with Crippen LogP contribution >= 0.6 is 0 Å². The lowest BCUT2D eigenvalue weighted by Gasteiger charge is -2.35. The molecular weight excluding hydrogens is 417 g/mol. The molecule has 1 fully saturated rings. The summed E-state index contributed by atoms with van der Waals surface area (Å²) in [5.74, 6) is -1.59. The molecule has 2 aromatic carbocycles. The van der Waals surface area contributed by atoms with Crippen molar-refractivity contribution in [1.29, 1.82) is 0 Å². The van der Waals surface area contributed by atoms with Crippen LogP contribution in [0.5, 0.6) is 11.5 Å². The smallest absolute Gasteiger partial charge is 0.315 e. The summed E-state index contributed by atoms with van der Waals surface area (Å²) in [4.78, 5) is 39.8. The van der Waals surface area contributed by atoms with E-state index >= 15 is 0 Å². The number of nitrogens with zero attached hydrogens (tertiary/aromatic N) is 2. The summed E-state index contributed by atoms with van der Waals surface area (Å²) in [6, 6.07) is 9.66. The Morgan fingerprint density at radius 2 is 1.84 bits per heavy atom. The molecule has 1 N–H and O–H groups in total. The van der Waals surface area contributed by atoms with Crippen LogP contribution in [-0.4, -0.2) is 55.0 Å². The molecule has 2 amide bonds. The number of carbonyl (C=O) groups is 3. The number of ether oxygens (including phenoxy) is 2. The topological polar surface area (TPSA) is 88.2 Å². The number of hydrogen-bond acceptors (Lipinski definition) is 6. The predicted molar refractivity (Wildman–Crippen MR) is 115 cm³/mol. The highest BCUT2D eigenvalue weighted by Crippen LogP contribution is 2.29. The van der Waals surface area contributed by atoms with Gasteiger partial charge in [-0.1, -0.05) is 6.07 Å². The van der Waals surface area contributed by atoms with Gasteiger partial charge in [-0.05, 0) is 32.0 Å². The molecular formula is C23H24FN3O5. The van der Waals surface area contributed by atoms with Crippen molar-refractivity contribution in [2.24, 2.45) is 0 Å². The molecule has 0 aliphatic carbocycles. The fourth-order valence-corrected chi connectivity index (χ4v) is 3.72. The number of carbonyl (C=O) groups excluding carboxylic acids is 3. The van der Waals surface area contributed by atoms with E-state index in [0.29, 0.717) is 43.3 Å². The monoisotopic (exact) mass is 441 g/mol. The second-order valence-electron chi connectivity index (χ2n) is 7.99. The Balaban J connectivity index is 1.32. The molecule has 8 nitrogen and oxygen atoms in total. The van der Waals surface area contributed by atoms with Crippen LogP contribution in [0.1, 0.15) is 19.4 Å². The third kappa shape index (κ3) is 4.66. The molecule has 0 radical (unpaired) electrons. The highest BCUT2D eigenvalue weighted by molar-refractivity contribution is 6.39. The van der Waals surface area contributed by atoms with E-state index in [1.54, 1.807) is 24.3 Å². The van der Waals surface area contributed by atoms with Gasteiger partial charge in [-0.15, -0.1) is 0 Å². The highest BCUT2D eigenvalue weighted by Gasteiger charge is 2.27. The number of hydrogen-bond donors (Lipinski definition) is 1. The Labute approximate surface area is 184 Å². The summed E-state index contributed by atoms with van der Waals surface area (Å²) in [5.41, 5.74) is 1.83. The van der Waals surface area contributed by atoms with Crippen molar-refractivity contribution in [2.75, 3.05) is 36.4 Å². The third-order valence-electron chi connectivity index (χ3n) is 5.29. The Morgan fingerprint density at radius 1 is 1.09 bits per heavy atom. The van der Waals surface area contributed by atoms with Gasteiger partial charge < -0.3 is 24.6 Å². The largest absolute Gasteiger partial charge is 0.488 e. The van der Waals surface area contributed by atoms with E-state index in [0.717, 1.165) is 5.56 Å². The van der Waals surface area contributed by atoms with E-state index in [9.17, 15) is 18.8 Å². The first-order valence-corrected chi connectivity index (χ1v) is 10.4. The Bertz CT molecular complexity index is 1060. The first-order valence-electron chi connectivity index (χ1n) is 10.4. The Kier molecular flexibility index (Phi) is 5.98. The van der Waals surface area contributed by atoms with Crippen molar-refractivity contribution in [3.05, 3.63) is 47.8 Å². The lowest BCUT2D eigenvalue weighted by Crippen LogP contribution is -2.51. The number of nitrogens with one attached hydrogen (secondary N) is 1. The second-order valence-corrected chi connectivity index (χ2v) is 7.99. The van der Waals surface area contributed by atoms with Crippen LogP contribution in [0.3, 0.4) is 0 Å². The zero-order valence-corrected chi connectivity index (χ0v) is 17.9. The number of fused-ring (bicyclic) bond motifs is 1. The minimum absolute atomic E-state index is 0.122. The fourth-order valence-electron chi connectivity index (χ4n) is 3.72. The maximum Gasteiger partial charge on any atom is 0.315 e. The SMILES string of the molecule is CC(C)Oc1ccc(N2CCN(C(=O)C(=O)Nc3ccc4c(c3)OC(=O)C4)CC2)cc1F. The minimum Gasteiger partial charge on any atom is -0.488 e. The summed E-state index contributed by atoms with van der Waals surface area (Å²) >= 11 is 0. The number of anilines is 2. The molecule has 1 saturated heterocycles. The molecule has 0 atom stereocenters. The molecule has 2 aliphatic rings. The van der Waals surface area contributed by atoms with Crippen LogP contribution in [0, 0.1) is 5.82 Å². The highest BCUT2D eigenvalue weighted by atomic mass is 19.1. The van der Waals surface area contributed by atoms with Crippen molar-refractivity contribution in [3.63, 3.8) is 0 Å². The number of benzene rings is 2. The number of piperazine rings is 1. The number of rotatable bonds is 4. The molecule has 9 heteroatoms. The Morgan fingerprint density at radius 3 is 2.53 bits per heavy atom. The average Bonchev–Trinajstić information content (AvgIpc) is 3.13. The van der Waals surface area contributed by atoms with E-state index in [1.165, 1.54) is 17.0 Å². The normalized spacial score (nSPS) is 15.4. The molecule has 168 valence electrons. The van der Waals surface area contributed by atoms with Crippen LogP contribution in [0.15, 0.2) is 36.4 Å². The van der Waals surface area contributed by atoms with Gasteiger partial charge in [-0.25, -0.2) is 4.39 Å². The van der Waals surface area contributed by atoms with Crippen LogP contribution in [0.4, 0.5) is 15.8 Å². The molecule has 0 unspecified atom stereocenters. The Hall–Kier alpha value is -3.62. The van der Waals surface area contributed by atoms with Crippen LogP contribution in [0.25, 0.3) is 0 Å². The van der Waals surface area contributed by atoms with Gasteiger partial charge in [0.05, 0.1) is 12.5 Å². The molecule has 2 aliphatic heterocycles. The maximum absolute atomic E-state index is 14.3. The van der Waals surface area contributed by atoms with Gasteiger partial charge in [0.15, 0.2) is 11.6 Å². The molecule has 4 rings (SSSR count). The van der Waals surface area contributed by atoms with E-state index < -0.39 is 17.6 Å². The number of amides is 2. The fraction of sp³-hybridized carbons (Fsp3) is 0.348. The van der Waals surface area contributed by atoms with Gasteiger partial charge in [-0.3, -0.25) is 14.4 Å². The van der Waals surface area contributed by atoms with E-state index in [1.807, 2.05) is 18.7 Å². The van der Waals surface area contributed by atoms with Gasteiger partial charge in [0, 0.05) is 55.2 Å². The summed E-state index contributed by atoms with van der Waals surface area (Å²) in [7, 11) is 0. The summed E-state index contributed by atoms with van der Waals surface area (Å²) in [5, 5.41) is 2.56. The first kappa shape index (κ1) is 21.6. The summed E-state index contributed by atoms with van der Waals surface area (Å²) in [6.07, 6.45) is 0.0762. The molecule has 0 aromatic heterocycles. The van der Waals surface area contributed by atoms with Crippen molar-refractivity contribution < 1.29 is 28.2 Å². The number of esters is 1. The van der Waals surface area contributed by atoms with Crippen LogP contribution in [-0.2, 0) is 20.8 Å². The molecule has 32 heavy (non-hydrogen) atoms. The first-order chi connectivity index (χ1) is 15.3. The maximum atomic E-state index is 14.3. The van der Waals surface area contributed by atoms with Gasteiger partial charge in [-0.2, -0.15) is 0 Å². The zero-order valence-electron chi connectivity index (χ0n) is 17.9.